The smallest absolute Gasteiger partial charge is 0.366 e. The van der Waals surface area contributed by atoms with Gasteiger partial charge >= 0.3 is 5.63 Å². The number of benzene rings is 3. The first-order valence-electron chi connectivity index (χ1n) is 12.3. The molecule has 0 aliphatic carbocycles. The molecule has 4 rings (SSSR count). The average Bonchev–Trinajstić information content (AvgIpc) is 2.90. The van der Waals surface area contributed by atoms with Crippen LogP contribution < -0.4 is 15.7 Å². The second-order valence-corrected chi connectivity index (χ2v) is 9.95. The number of carbonyl (C=O) groups excluding carboxylic acids is 1. The number of ether oxygens (including phenoxy) is 1. The van der Waals surface area contributed by atoms with Gasteiger partial charge in [0.1, 0.15) is 5.75 Å². The Labute approximate surface area is 216 Å². The van der Waals surface area contributed by atoms with E-state index in [-0.39, 0.29) is 12.3 Å². The number of hydrogen-bond donors (Lipinski definition) is 2. The number of amides is 1. The molecule has 0 fully saturated rings. The number of para-hydroxylation sites is 1. The molecule has 1 heterocycles. The molecule has 0 aliphatic heterocycles. The summed E-state index contributed by atoms with van der Waals surface area (Å²) in [6.45, 7) is 5.89. The van der Waals surface area contributed by atoms with E-state index < -0.39 is 23.1 Å². The molecular weight excluding hydrogens is 468 g/mol. The van der Waals surface area contributed by atoms with Crippen molar-refractivity contribution in [2.75, 3.05) is 12.4 Å². The molecule has 1 aromatic heterocycles. The summed E-state index contributed by atoms with van der Waals surface area (Å²) >= 11 is 0. The Hall–Kier alpha value is -3.97. The summed E-state index contributed by atoms with van der Waals surface area (Å²) in [5.41, 5.74) is 1.90. The van der Waals surface area contributed by atoms with Crippen molar-refractivity contribution >= 4 is 22.4 Å². The number of aromatic nitrogens is 1. The Morgan fingerprint density at radius 2 is 1.76 bits per heavy atom. The van der Waals surface area contributed by atoms with Gasteiger partial charge in [-0.2, -0.15) is 0 Å². The SMILES string of the molecule is COc1ccccc1C(C)(C)CC(CC(O)c1ccccc1)C(=O)Nc1ccc2c(=O)onc(C)c2c1. The highest BCUT2D eigenvalue weighted by atomic mass is 16.5. The van der Waals surface area contributed by atoms with Gasteiger partial charge in [0, 0.05) is 17.0 Å². The van der Waals surface area contributed by atoms with Crippen molar-refractivity contribution in [2.24, 2.45) is 5.92 Å². The molecule has 4 aromatic rings. The van der Waals surface area contributed by atoms with Crippen LogP contribution in [0.1, 0.15) is 49.6 Å². The van der Waals surface area contributed by atoms with Gasteiger partial charge in [0.15, 0.2) is 0 Å². The maximum absolute atomic E-state index is 13.7. The minimum atomic E-state index is -0.807. The molecule has 0 radical (unpaired) electrons. The lowest BCUT2D eigenvalue weighted by Crippen LogP contribution is -2.31. The lowest BCUT2D eigenvalue weighted by molar-refractivity contribution is -0.121. The summed E-state index contributed by atoms with van der Waals surface area (Å²) in [6.07, 6.45) is -0.0920. The van der Waals surface area contributed by atoms with E-state index in [0.717, 1.165) is 16.9 Å². The number of hydrogen-bond acceptors (Lipinski definition) is 6. The van der Waals surface area contributed by atoms with Gasteiger partial charge in [0.25, 0.3) is 0 Å². The number of anilines is 1. The zero-order chi connectivity index (χ0) is 26.6. The summed E-state index contributed by atoms with van der Waals surface area (Å²) in [7, 11) is 1.63. The van der Waals surface area contributed by atoms with Gasteiger partial charge in [-0.15, -0.1) is 0 Å². The van der Waals surface area contributed by atoms with E-state index >= 15 is 0 Å². The van der Waals surface area contributed by atoms with Crippen LogP contribution in [0.5, 0.6) is 5.75 Å². The van der Waals surface area contributed by atoms with Crippen LogP contribution in [-0.2, 0) is 10.2 Å². The highest BCUT2D eigenvalue weighted by Gasteiger charge is 2.33. The lowest BCUT2D eigenvalue weighted by Gasteiger charge is -2.32. The number of rotatable bonds is 9. The number of aliphatic hydroxyl groups excluding tert-OH is 1. The fourth-order valence-electron chi connectivity index (χ4n) is 4.85. The molecule has 37 heavy (non-hydrogen) atoms. The first-order valence-corrected chi connectivity index (χ1v) is 12.3. The van der Waals surface area contributed by atoms with E-state index in [1.54, 1.807) is 32.2 Å². The van der Waals surface area contributed by atoms with Gasteiger partial charge in [-0.25, -0.2) is 4.79 Å². The third-order valence-corrected chi connectivity index (χ3v) is 6.82. The fraction of sp³-hybridized carbons (Fsp3) is 0.300. The molecule has 2 N–H and O–H groups in total. The molecular formula is C30H32N2O5. The van der Waals surface area contributed by atoms with E-state index in [9.17, 15) is 14.7 Å². The number of aryl methyl sites for hydroxylation is 1. The van der Waals surface area contributed by atoms with Crippen molar-refractivity contribution in [1.82, 2.24) is 5.16 Å². The Morgan fingerprint density at radius 1 is 1.05 bits per heavy atom. The van der Waals surface area contributed by atoms with Crippen molar-refractivity contribution in [2.45, 2.75) is 45.1 Å². The van der Waals surface area contributed by atoms with Crippen LogP contribution in [0.15, 0.2) is 82.1 Å². The second-order valence-electron chi connectivity index (χ2n) is 9.95. The maximum atomic E-state index is 13.7. The van der Waals surface area contributed by atoms with E-state index in [0.29, 0.717) is 28.6 Å². The predicted octanol–water partition coefficient (Wildman–Crippen LogP) is 5.55. The number of methoxy groups -OCH3 is 1. The molecule has 3 aromatic carbocycles. The normalized spacial score (nSPS) is 13.2. The van der Waals surface area contributed by atoms with Gasteiger partial charge in [-0.1, -0.05) is 67.5 Å². The van der Waals surface area contributed by atoms with Crippen LogP contribution in [0.3, 0.4) is 0 Å². The van der Waals surface area contributed by atoms with E-state index in [2.05, 4.69) is 24.3 Å². The average molecular weight is 501 g/mol. The van der Waals surface area contributed by atoms with Crippen LogP contribution in [0, 0.1) is 12.8 Å². The summed E-state index contributed by atoms with van der Waals surface area (Å²) < 4.78 is 10.4. The molecule has 0 aliphatic rings. The largest absolute Gasteiger partial charge is 0.496 e. The molecule has 0 saturated carbocycles. The molecule has 192 valence electrons. The van der Waals surface area contributed by atoms with Crippen molar-refractivity contribution < 1.29 is 19.2 Å². The highest BCUT2D eigenvalue weighted by Crippen LogP contribution is 2.39. The van der Waals surface area contributed by atoms with E-state index in [1.165, 1.54) is 0 Å². The molecule has 2 atom stereocenters. The molecule has 0 saturated heterocycles. The topological polar surface area (TPSA) is 102 Å². The van der Waals surface area contributed by atoms with E-state index in [1.807, 2.05) is 54.6 Å². The van der Waals surface area contributed by atoms with Gasteiger partial charge < -0.3 is 19.7 Å². The van der Waals surface area contributed by atoms with Crippen LogP contribution >= 0.6 is 0 Å². The number of nitrogens with one attached hydrogen (secondary N) is 1. The number of aliphatic hydroxyl groups is 1. The van der Waals surface area contributed by atoms with Crippen LogP contribution in [0.4, 0.5) is 5.69 Å². The molecule has 0 bridgehead atoms. The lowest BCUT2D eigenvalue weighted by atomic mass is 9.74. The monoisotopic (exact) mass is 500 g/mol. The number of nitrogens with zero attached hydrogens (tertiary/aromatic N) is 1. The zero-order valence-corrected chi connectivity index (χ0v) is 21.5. The molecule has 0 spiro atoms. The summed E-state index contributed by atoms with van der Waals surface area (Å²) in [5, 5.41) is 18.8. The Kier molecular flexibility index (Phi) is 7.74. The number of carbonyl (C=O) groups is 1. The Bertz CT molecular complexity index is 1450. The Balaban J connectivity index is 1.64. The highest BCUT2D eigenvalue weighted by molar-refractivity contribution is 5.96. The molecule has 2 unspecified atom stereocenters. The second kappa shape index (κ2) is 11.0. The van der Waals surface area contributed by atoms with Crippen LogP contribution in [-0.4, -0.2) is 23.3 Å². The third-order valence-electron chi connectivity index (χ3n) is 6.82. The third kappa shape index (κ3) is 5.89. The van der Waals surface area contributed by atoms with Crippen LogP contribution in [0.2, 0.25) is 0 Å². The standard InChI is InChI=1S/C30H32N2O5/c1-19-24-17-22(14-15-23(24)29(35)37-32-19)31-28(34)21(16-26(33)20-10-6-5-7-11-20)18-30(2,3)25-12-8-9-13-27(25)36-4/h5-15,17,21,26,33H,16,18H2,1-4H3,(H,31,34). The van der Waals surface area contributed by atoms with Crippen LogP contribution in [0.25, 0.3) is 10.8 Å². The summed E-state index contributed by atoms with van der Waals surface area (Å²) in [5.74, 6) is 0.0170. The van der Waals surface area contributed by atoms with Crippen molar-refractivity contribution in [3.63, 3.8) is 0 Å². The molecule has 7 nitrogen and oxygen atoms in total. The predicted molar refractivity (Wildman–Crippen MR) is 144 cm³/mol. The van der Waals surface area contributed by atoms with Crippen molar-refractivity contribution in [3.8, 4) is 5.75 Å². The summed E-state index contributed by atoms with van der Waals surface area (Å²) in [6, 6.07) is 22.2. The first kappa shape index (κ1) is 26.1. The molecule has 1 amide bonds. The van der Waals surface area contributed by atoms with Gasteiger partial charge in [-0.3, -0.25) is 4.79 Å². The van der Waals surface area contributed by atoms with Gasteiger partial charge in [0.05, 0.1) is 24.3 Å². The van der Waals surface area contributed by atoms with Gasteiger partial charge in [0.2, 0.25) is 5.91 Å². The fourth-order valence-corrected chi connectivity index (χ4v) is 4.85. The Morgan fingerprint density at radius 3 is 2.49 bits per heavy atom. The zero-order valence-electron chi connectivity index (χ0n) is 21.5. The number of fused-ring (bicyclic) bond motifs is 1. The van der Waals surface area contributed by atoms with Crippen molar-refractivity contribution in [1.29, 1.82) is 0 Å². The maximum Gasteiger partial charge on any atom is 0.366 e. The quantitative estimate of drug-likeness (QED) is 0.312. The summed E-state index contributed by atoms with van der Waals surface area (Å²) in [4.78, 5) is 25.7. The van der Waals surface area contributed by atoms with E-state index in [4.69, 9.17) is 9.26 Å². The van der Waals surface area contributed by atoms with Crippen molar-refractivity contribution in [3.05, 3.63) is 100 Å². The minimum absolute atomic E-state index is 0.217. The molecule has 7 heteroatoms. The first-order chi connectivity index (χ1) is 17.7. The minimum Gasteiger partial charge on any atom is -0.496 e. The van der Waals surface area contributed by atoms with Gasteiger partial charge in [-0.05, 0) is 60.6 Å².